The Hall–Kier alpha value is -3.54. The fourth-order valence-electron chi connectivity index (χ4n) is 4.56. The van der Waals surface area contributed by atoms with Gasteiger partial charge in [-0.15, -0.1) is 0 Å². The van der Waals surface area contributed by atoms with Gasteiger partial charge in [-0.1, -0.05) is 29.8 Å². The molecular formula is C25H24ClFN6O3S. The van der Waals surface area contributed by atoms with E-state index in [0.29, 0.717) is 23.8 Å². The molecule has 1 amide bonds. The van der Waals surface area contributed by atoms with Gasteiger partial charge >= 0.3 is 0 Å². The lowest BCUT2D eigenvalue weighted by Gasteiger charge is -2.32. The van der Waals surface area contributed by atoms with E-state index in [1.54, 1.807) is 29.2 Å². The van der Waals surface area contributed by atoms with Gasteiger partial charge in [0.05, 0.1) is 16.9 Å². The van der Waals surface area contributed by atoms with Crippen molar-refractivity contribution in [1.82, 2.24) is 19.5 Å². The number of carbonyl (C=O) groups is 1. The molecule has 0 bridgehead atoms. The normalized spacial score (nSPS) is 14.8. The van der Waals surface area contributed by atoms with Crippen LogP contribution in [0, 0.1) is 12.7 Å². The predicted molar refractivity (Wildman–Crippen MR) is 138 cm³/mol. The minimum absolute atomic E-state index is 0.0141. The molecule has 12 heteroatoms. The van der Waals surface area contributed by atoms with Gasteiger partial charge in [0.15, 0.2) is 5.65 Å². The summed E-state index contributed by atoms with van der Waals surface area (Å²) in [5, 5.41) is 13.1. The predicted octanol–water partition coefficient (Wildman–Crippen LogP) is 4.24. The second kappa shape index (κ2) is 9.73. The first-order chi connectivity index (χ1) is 17.6. The molecule has 0 unspecified atom stereocenters. The smallest absolute Gasteiger partial charge is 0.259 e. The second-order valence-corrected chi connectivity index (χ2v) is 11.0. The summed E-state index contributed by atoms with van der Waals surface area (Å²) in [6.45, 7) is 2.88. The summed E-state index contributed by atoms with van der Waals surface area (Å²) < 4.78 is 38.6. The minimum atomic E-state index is -4.10. The highest BCUT2D eigenvalue weighted by atomic mass is 35.5. The summed E-state index contributed by atoms with van der Waals surface area (Å²) in [7, 11) is -4.10. The number of rotatable bonds is 5. The van der Waals surface area contributed by atoms with Gasteiger partial charge < -0.3 is 10.2 Å². The molecule has 1 saturated heterocycles. The van der Waals surface area contributed by atoms with E-state index in [4.69, 9.17) is 16.7 Å². The van der Waals surface area contributed by atoms with Crippen molar-refractivity contribution in [3.8, 4) is 0 Å². The summed E-state index contributed by atoms with van der Waals surface area (Å²) in [4.78, 5) is 19.3. The van der Waals surface area contributed by atoms with Crippen LogP contribution < -0.4 is 10.5 Å². The number of benzene rings is 2. The Kier molecular flexibility index (Phi) is 6.61. The van der Waals surface area contributed by atoms with Crippen molar-refractivity contribution in [2.24, 2.45) is 5.14 Å². The molecular weight excluding hydrogens is 519 g/mol. The molecule has 37 heavy (non-hydrogen) atoms. The van der Waals surface area contributed by atoms with E-state index >= 15 is 0 Å². The molecule has 0 radical (unpaired) electrons. The van der Waals surface area contributed by atoms with Crippen LogP contribution >= 0.6 is 11.6 Å². The fraction of sp³-hybridized carbons (Fsp3) is 0.240. The van der Waals surface area contributed by atoms with Crippen LogP contribution in [-0.4, -0.2) is 46.9 Å². The minimum Gasteiger partial charge on any atom is -0.338 e. The number of fused-ring (bicyclic) bond motifs is 1. The SMILES string of the molecule is Cc1ccc(Nc2c(C(=O)N3CCC(c4ccc(F)cc4)CC3)cnc3c(S(N)(=O)=O)cnn23)c(Cl)c1. The van der Waals surface area contributed by atoms with Crippen LogP contribution in [0.4, 0.5) is 15.9 Å². The van der Waals surface area contributed by atoms with Gasteiger partial charge in [-0.3, -0.25) is 4.79 Å². The van der Waals surface area contributed by atoms with Gasteiger partial charge in [0.2, 0.25) is 10.0 Å². The molecule has 3 heterocycles. The van der Waals surface area contributed by atoms with Gasteiger partial charge in [0.25, 0.3) is 5.91 Å². The molecule has 0 atom stereocenters. The third-order valence-corrected chi connectivity index (χ3v) is 7.75. The maximum atomic E-state index is 13.7. The van der Waals surface area contributed by atoms with Gasteiger partial charge in [0, 0.05) is 19.3 Å². The van der Waals surface area contributed by atoms with Crippen molar-refractivity contribution in [3.05, 3.63) is 82.4 Å². The van der Waals surface area contributed by atoms with E-state index in [1.165, 1.54) is 22.8 Å². The van der Waals surface area contributed by atoms with Crippen LogP contribution in [-0.2, 0) is 10.0 Å². The molecule has 1 aliphatic rings. The van der Waals surface area contributed by atoms with Crippen LogP contribution in [0.3, 0.4) is 0 Å². The van der Waals surface area contributed by atoms with E-state index in [2.05, 4.69) is 15.4 Å². The number of piperidine rings is 1. The van der Waals surface area contributed by atoms with Crippen molar-refractivity contribution in [2.75, 3.05) is 18.4 Å². The van der Waals surface area contributed by atoms with Crippen molar-refractivity contribution in [2.45, 2.75) is 30.6 Å². The number of aromatic nitrogens is 3. The number of nitrogens with zero attached hydrogens (tertiary/aromatic N) is 4. The molecule has 2 aromatic heterocycles. The van der Waals surface area contributed by atoms with Crippen LogP contribution in [0.2, 0.25) is 5.02 Å². The Morgan fingerprint density at radius 2 is 1.84 bits per heavy atom. The molecule has 4 aromatic rings. The molecule has 0 aliphatic carbocycles. The molecule has 1 aliphatic heterocycles. The summed E-state index contributed by atoms with van der Waals surface area (Å²) in [6, 6.07) is 11.8. The topological polar surface area (TPSA) is 123 Å². The molecule has 9 nitrogen and oxygen atoms in total. The Morgan fingerprint density at radius 3 is 2.49 bits per heavy atom. The Balaban J connectivity index is 1.49. The van der Waals surface area contributed by atoms with Gasteiger partial charge in [-0.25, -0.2) is 22.9 Å². The van der Waals surface area contributed by atoms with E-state index in [-0.39, 0.29) is 39.6 Å². The van der Waals surface area contributed by atoms with Crippen molar-refractivity contribution >= 4 is 44.7 Å². The van der Waals surface area contributed by atoms with Crippen LogP contribution in [0.1, 0.15) is 40.2 Å². The molecule has 0 saturated carbocycles. The first kappa shape index (κ1) is 25.1. The molecule has 3 N–H and O–H groups in total. The molecule has 2 aromatic carbocycles. The summed E-state index contributed by atoms with van der Waals surface area (Å²) in [5.74, 6) is -0.128. The first-order valence-electron chi connectivity index (χ1n) is 11.6. The van der Waals surface area contributed by atoms with Gasteiger partial charge in [-0.05, 0) is 61.1 Å². The summed E-state index contributed by atoms with van der Waals surface area (Å²) >= 11 is 6.43. The zero-order valence-electron chi connectivity index (χ0n) is 19.9. The third kappa shape index (κ3) is 5.02. The maximum absolute atomic E-state index is 13.7. The first-order valence-corrected chi connectivity index (χ1v) is 13.5. The van der Waals surface area contributed by atoms with E-state index < -0.39 is 10.0 Å². The Bertz CT molecular complexity index is 1600. The lowest BCUT2D eigenvalue weighted by Crippen LogP contribution is -2.38. The standard InChI is InChI=1S/C25H24ClFN6O3S/c1-15-2-7-21(20(26)12-15)31-23-19(13-29-24-22(37(28,35)36)14-30-33(23)24)25(34)32-10-8-17(9-11-32)16-3-5-18(27)6-4-16/h2-7,12-14,17,31H,8-11H2,1H3,(H2,28,35,36). The number of carbonyl (C=O) groups excluding carboxylic acids is 1. The molecule has 1 fully saturated rings. The number of hydrogen-bond donors (Lipinski definition) is 2. The Labute approximate surface area is 218 Å². The zero-order chi connectivity index (χ0) is 26.3. The molecule has 192 valence electrons. The van der Waals surface area contributed by atoms with E-state index in [9.17, 15) is 17.6 Å². The van der Waals surface area contributed by atoms with Crippen LogP contribution in [0.15, 0.2) is 59.8 Å². The van der Waals surface area contributed by atoms with Crippen LogP contribution in [0.5, 0.6) is 0 Å². The number of likely N-dealkylation sites (tertiary alicyclic amines) is 1. The maximum Gasteiger partial charge on any atom is 0.259 e. The van der Waals surface area contributed by atoms with E-state index in [0.717, 1.165) is 30.2 Å². The summed E-state index contributed by atoms with van der Waals surface area (Å²) in [6.07, 6.45) is 3.86. The zero-order valence-corrected chi connectivity index (χ0v) is 21.4. The number of nitrogens with one attached hydrogen (secondary N) is 1. The highest BCUT2D eigenvalue weighted by molar-refractivity contribution is 7.89. The average Bonchev–Trinajstić information content (AvgIpc) is 3.31. The molecule has 5 rings (SSSR count). The second-order valence-electron chi connectivity index (χ2n) is 9.04. The van der Waals surface area contributed by atoms with Crippen LogP contribution in [0.25, 0.3) is 5.65 Å². The highest BCUT2D eigenvalue weighted by Crippen LogP contribution is 2.32. The highest BCUT2D eigenvalue weighted by Gasteiger charge is 2.29. The Morgan fingerprint density at radius 1 is 1.14 bits per heavy atom. The number of halogens is 2. The van der Waals surface area contributed by atoms with Gasteiger partial charge in [-0.2, -0.15) is 9.61 Å². The average molecular weight is 543 g/mol. The molecule has 0 spiro atoms. The van der Waals surface area contributed by atoms with Crippen molar-refractivity contribution < 1.29 is 17.6 Å². The number of nitrogens with two attached hydrogens (primary N) is 1. The fourth-order valence-corrected chi connectivity index (χ4v) is 5.43. The number of anilines is 2. The largest absolute Gasteiger partial charge is 0.338 e. The van der Waals surface area contributed by atoms with Crippen molar-refractivity contribution in [3.63, 3.8) is 0 Å². The number of hydrogen-bond acceptors (Lipinski definition) is 6. The van der Waals surface area contributed by atoms with Crippen molar-refractivity contribution in [1.29, 1.82) is 0 Å². The lowest BCUT2D eigenvalue weighted by molar-refractivity contribution is 0.0713. The van der Waals surface area contributed by atoms with E-state index in [1.807, 2.05) is 13.0 Å². The monoisotopic (exact) mass is 542 g/mol. The summed E-state index contributed by atoms with van der Waals surface area (Å²) in [5.41, 5.74) is 2.69. The quantitative estimate of drug-likeness (QED) is 0.389. The number of sulfonamides is 1. The number of primary sulfonamides is 1. The number of aryl methyl sites for hydroxylation is 1. The lowest BCUT2D eigenvalue weighted by atomic mass is 9.89. The third-order valence-electron chi connectivity index (χ3n) is 6.53. The van der Waals surface area contributed by atoms with Gasteiger partial charge in [0.1, 0.15) is 22.1 Å². The number of amides is 1.